The lowest BCUT2D eigenvalue weighted by atomic mass is 9.99. The molecule has 2 aliphatic rings. The summed E-state index contributed by atoms with van der Waals surface area (Å²) in [7, 11) is -4.78. The van der Waals surface area contributed by atoms with Gasteiger partial charge >= 0.3 is 28.1 Å². The highest BCUT2D eigenvalue weighted by molar-refractivity contribution is 7.84. The second-order valence-electron chi connectivity index (χ2n) is 7.09. The van der Waals surface area contributed by atoms with Crippen molar-refractivity contribution in [2.75, 3.05) is 13.1 Å². The summed E-state index contributed by atoms with van der Waals surface area (Å²) >= 11 is 0. The number of imide groups is 1. The SMILES string of the molecule is CC1[C@H](NC(=O)C(NC(=O)N2CCN(N)C(=O)C2=O)c2ccccc2)C(=O)N1S(=O)(=O)O. The van der Waals surface area contributed by atoms with Crippen molar-refractivity contribution >= 4 is 40.0 Å². The van der Waals surface area contributed by atoms with Gasteiger partial charge in [-0.1, -0.05) is 30.3 Å². The number of urea groups is 1. The first-order valence-corrected chi connectivity index (χ1v) is 10.7. The van der Waals surface area contributed by atoms with E-state index in [0.29, 0.717) is 15.5 Å². The van der Waals surface area contributed by atoms with Crippen molar-refractivity contribution in [3.05, 3.63) is 35.9 Å². The Morgan fingerprint density at radius 3 is 2.31 bits per heavy atom. The third kappa shape index (κ3) is 4.25. The zero-order chi connectivity index (χ0) is 23.8. The molecule has 2 heterocycles. The van der Waals surface area contributed by atoms with Crippen molar-refractivity contribution in [2.45, 2.75) is 25.0 Å². The number of nitrogens with one attached hydrogen (secondary N) is 2. The molecule has 32 heavy (non-hydrogen) atoms. The first-order chi connectivity index (χ1) is 14.9. The van der Waals surface area contributed by atoms with E-state index in [9.17, 15) is 32.4 Å². The van der Waals surface area contributed by atoms with Crippen LogP contribution in [0.15, 0.2) is 30.3 Å². The maximum Gasteiger partial charge on any atom is 0.362 e. The second-order valence-corrected chi connectivity index (χ2v) is 8.38. The average Bonchev–Trinajstić information content (AvgIpc) is 2.73. The van der Waals surface area contributed by atoms with Gasteiger partial charge in [-0.15, -0.1) is 0 Å². The fraction of sp³-hybridized carbons (Fsp3) is 0.353. The van der Waals surface area contributed by atoms with Crippen LogP contribution in [0.4, 0.5) is 4.79 Å². The van der Waals surface area contributed by atoms with Crippen LogP contribution in [-0.4, -0.2) is 82.0 Å². The van der Waals surface area contributed by atoms with E-state index in [4.69, 9.17) is 10.4 Å². The quantitative estimate of drug-likeness (QED) is 0.119. The normalized spacial score (nSPS) is 22.3. The van der Waals surface area contributed by atoms with Gasteiger partial charge in [-0.05, 0) is 12.5 Å². The molecule has 5 N–H and O–H groups in total. The fourth-order valence-electron chi connectivity index (χ4n) is 3.33. The Morgan fingerprint density at radius 1 is 1.12 bits per heavy atom. The molecule has 1 aromatic carbocycles. The Bertz CT molecular complexity index is 1080. The summed E-state index contributed by atoms with van der Waals surface area (Å²) in [5, 5.41) is 5.34. The molecule has 15 heteroatoms. The second kappa shape index (κ2) is 8.52. The van der Waals surface area contributed by atoms with Crippen molar-refractivity contribution in [1.82, 2.24) is 24.8 Å². The number of rotatable bonds is 5. The first kappa shape index (κ1) is 23.1. The number of piperazine rings is 1. The molecular weight excluding hydrogens is 448 g/mol. The number of hydrogen-bond acceptors (Lipinski definition) is 8. The van der Waals surface area contributed by atoms with Gasteiger partial charge < -0.3 is 10.6 Å². The van der Waals surface area contributed by atoms with Crippen LogP contribution in [0.3, 0.4) is 0 Å². The van der Waals surface area contributed by atoms with Crippen molar-refractivity contribution in [2.24, 2.45) is 5.84 Å². The summed E-state index contributed by atoms with van der Waals surface area (Å²) in [5.74, 6) is 1.17. The molecule has 2 fully saturated rings. The molecule has 2 unspecified atom stereocenters. The molecule has 0 bridgehead atoms. The van der Waals surface area contributed by atoms with Crippen LogP contribution >= 0.6 is 0 Å². The summed E-state index contributed by atoms with van der Waals surface area (Å²) in [4.78, 5) is 62.0. The minimum absolute atomic E-state index is 0.0975. The standard InChI is InChI=1S/C17H20N6O8S/c1-9-11(14(25)23(9)32(29,30)31)19-13(24)12(10-5-3-2-4-6-10)20-17(28)21-7-8-22(18)16(27)15(21)26/h2-6,9,11-12H,7-8,18H2,1H3,(H,19,24)(H,20,28)(H,29,30,31)/t9?,11-,12?/m0/s1. The molecule has 6 amide bonds. The number of hydrogen-bond donors (Lipinski definition) is 4. The smallest absolute Gasteiger partial charge is 0.340 e. The molecule has 1 aromatic rings. The molecule has 3 atom stereocenters. The minimum atomic E-state index is -4.78. The Labute approximate surface area is 182 Å². The summed E-state index contributed by atoms with van der Waals surface area (Å²) < 4.78 is 31.8. The van der Waals surface area contributed by atoms with Crippen molar-refractivity contribution in [3.8, 4) is 0 Å². The van der Waals surface area contributed by atoms with Crippen LogP contribution in [0.5, 0.6) is 0 Å². The van der Waals surface area contributed by atoms with E-state index in [0.717, 1.165) is 0 Å². The van der Waals surface area contributed by atoms with Gasteiger partial charge in [0, 0.05) is 0 Å². The molecule has 0 radical (unpaired) electrons. The maximum absolute atomic E-state index is 12.9. The van der Waals surface area contributed by atoms with E-state index in [-0.39, 0.29) is 17.4 Å². The van der Waals surface area contributed by atoms with E-state index in [1.54, 1.807) is 18.2 Å². The van der Waals surface area contributed by atoms with Crippen molar-refractivity contribution in [1.29, 1.82) is 0 Å². The molecule has 172 valence electrons. The van der Waals surface area contributed by atoms with Crippen LogP contribution < -0.4 is 16.5 Å². The van der Waals surface area contributed by atoms with Gasteiger partial charge in [0.05, 0.1) is 19.1 Å². The lowest BCUT2D eigenvalue weighted by molar-refractivity contribution is -0.154. The highest BCUT2D eigenvalue weighted by Gasteiger charge is 2.52. The number of benzene rings is 1. The van der Waals surface area contributed by atoms with Gasteiger partial charge in [-0.25, -0.2) is 14.9 Å². The van der Waals surface area contributed by atoms with E-state index < -0.39 is 58.1 Å². The van der Waals surface area contributed by atoms with Gasteiger partial charge in [0.15, 0.2) is 0 Å². The van der Waals surface area contributed by atoms with Crippen molar-refractivity contribution in [3.63, 3.8) is 0 Å². The Balaban J connectivity index is 1.78. The van der Waals surface area contributed by atoms with Crippen LogP contribution in [0, 0.1) is 0 Å². The third-order valence-electron chi connectivity index (χ3n) is 5.04. The molecule has 2 saturated heterocycles. The predicted octanol–water partition coefficient (Wildman–Crippen LogP) is -2.50. The minimum Gasteiger partial charge on any atom is -0.340 e. The zero-order valence-electron chi connectivity index (χ0n) is 16.7. The van der Waals surface area contributed by atoms with Gasteiger partial charge in [0.25, 0.3) is 5.91 Å². The zero-order valence-corrected chi connectivity index (χ0v) is 17.5. The van der Waals surface area contributed by atoms with Gasteiger partial charge in [-0.3, -0.25) is 33.6 Å². The van der Waals surface area contributed by atoms with Crippen LogP contribution in [0.1, 0.15) is 18.5 Å². The van der Waals surface area contributed by atoms with Crippen molar-refractivity contribution < 1.29 is 36.9 Å². The monoisotopic (exact) mass is 468 g/mol. The molecule has 0 aromatic heterocycles. The maximum atomic E-state index is 12.9. The number of carbonyl (C=O) groups is 5. The van der Waals surface area contributed by atoms with Crippen LogP contribution in [0.25, 0.3) is 0 Å². The topological polar surface area (TPSA) is 200 Å². The van der Waals surface area contributed by atoms with Gasteiger partial charge in [0.1, 0.15) is 12.1 Å². The van der Waals surface area contributed by atoms with E-state index in [1.807, 2.05) is 0 Å². The molecule has 0 spiro atoms. The number of nitrogens with two attached hydrogens (primary N) is 1. The number of hydrazine groups is 1. The van der Waals surface area contributed by atoms with E-state index in [2.05, 4.69) is 10.6 Å². The lowest BCUT2D eigenvalue weighted by Gasteiger charge is -2.42. The summed E-state index contributed by atoms with van der Waals surface area (Å²) in [6, 6.07) is 3.08. The fourth-order valence-corrected chi connectivity index (χ4v) is 4.21. The number of amides is 6. The molecule has 14 nitrogen and oxygen atoms in total. The number of nitrogens with zero attached hydrogens (tertiary/aromatic N) is 3. The summed E-state index contributed by atoms with van der Waals surface area (Å²) in [6.07, 6.45) is 0. The van der Waals surface area contributed by atoms with Gasteiger partial charge in [-0.2, -0.15) is 8.42 Å². The molecule has 3 rings (SSSR count). The number of carbonyl (C=O) groups excluding carboxylic acids is 5. The highest BCUT2D eigenvalue weighted by Crippen LogP contribution is 2.24. The molecule has 0 saturated carbocycles. The molecule has 0 aliphatic carbocycles. The van der Waals surface area contributed by atoms with Crippen LogP contribution in [0.2, 0.25) is 0 Å². The van der Waals surface area contributed by atoms with E-state index >= 15 is 0 Å². The summed E-state index contributed by atoms with van der Waals surface area (Å²) in [5.41, 5.74) is 0.292. The molecular formula is C17H20N6O8S. The highest BCUT2D eigenvalue weighted by atomic mass is 32.2. The third-order valence-corrected chi connectivity index (χ3v) is 6.05. The average molecular weight is 468 g/mol. The van der Waals surface area contributed by atoms with Crippen LogP contribution in [-0.2, 0) is 29.5 Å². The van der Waals surface area contributed by atoms with E-state index in [1.165, 1.54) is 19.1 Å². The predicted molar refractivity (Wildman–Crippen MR) is 105 cm³/mol. The first-order valence-electron chi connectivity index (χ1n) is 9.28. The Kier molecular flexibility index (Phi) is 6.16. The summed E-state index contributed by atoms with van der Waals surface area (Å²) in [6.45, 7) is 1.00. The Hall–Kier alpha value is -3.56. The number of β-lactam (4-membered cyclic amide) rings is 1. The Morgan fingerprint density at radius 2 is 1.75 bits per heavy atom. The largest absolute Gasteiger partial charge is 0.362 e. The lowest BCUT2D eigenvalue weighted by Crippen LogP contribution is -2.71. The molecule has 2 aliphatic heterocycles. The van der Waals surface area contributed by atoms with Gasteiger partial charge in [0.2, 0.25) is 5.91 Å².